The molecule has 1 aromatic carbocycles. The molecule has 4 bridgehead atoms. The molecule has 0 aromatic heterocycles. The number of benzene rings is 1. The molecule has 0 radical (unpaired) electrons. The Morgan fingerprint density at radius 2 is 1.10 bits per heavy atom. The first-order valence-corrected chi connectivity index (χ1v) is 8.97. The summed E-state index contributed by atoms with van der Waals surface area (Å²) in [5.41, 5.74) is 3.55. The zero-order valence-electron chi connectivity index (χ0n) is 12.4. The molecule has 0 spiro atoms. The first-order chi connectivity index (χ1) is 9.88. The first kappa shape index (κ1) is 11.8. The summed E-state index contributed by atoms with van der Waals surface area (Å²) in [7, 11) is 0. The molecule has 0 heterocycles. The Hall–Kier alpha value is -0.780. The molecule has 0 nitrogen and oxygen atoms in total. The van der Waals surface area contributed by atoms with Crippen molar-refractivity contribution in [3.05, 3.63) is 35.4 Å². The average molecular weight is 266 g/mol. The molecule has 0 unspecified atom stereocenters. The van der Waals surface area contributed by atoms with Gasteiger partial charge in [0, 0.05) is 0 Å². The van der Waals surface area contributed by atoms with Crippen LogP contribution in [0, 0.1) is 23.7 Å². The van der Waals surface area contributed by atoms with Gasteiger partial charge < -0.3 is 0 Å². The summed E-state index contributed by atoms with van der Waals surface area (Å²) in [6.45, 7) is 0. The van der Waals surface area contributed by atoms with E-state index in [0.29, 0.717) is 0 Å². The van der Waals surface area contributed by atoms with E-state index in [2.05, 4.69) is 24.3 Å². The molecule has 0 N–H and O–H groups in total. The Kier molecular flexibility index (Phi) is 2.58. The van der Waals surface area contributed by atoms with Crippen molar-refractivity contribution in [2.45, 2.75) is 63.2 Å². The summed E-state index contributed by atoms with van der Waals surface area (Å²) in [6.07, 6.45) is 12.2. The molecule has 0 saturated heterocycles. The van der Waals surface area contributed by atoms with Gasteiger partial charge in [0.15, 0.2) is 0 Å². The molecule has 6 atom stereocenters. The molecule has 0 aliphatic heterocycles. The highest BCUT2D eigenvalue weighted by Crippen LogP contribution is 2.57. The Labute approximate surface area is 123 Å². The number of fused-ring (bicyclic) bond motifs is 4. The zero-order chi connectivity index (χ0) is 13.1. The molecule has 1 aromatic rings. The third-order valence-corrected chi connectivity index (χ3v) is 7.27. The lowest BCUT2D eigenvalue weighted by molar-refractivity contribution is 0.395. The van der Waals surface area contributed by atoms with E-state index < -0.39 is 0 Å². The lowest BCUT2D eigenvalue weighted by Crippen LogP contribution is -2.15. The van der Waals surface area contributed by atoms with E-state index in [-0.39, 0.29) is 0 Å². The van der Waals surface area contributed by atoms with Gasteiger partial charge in [0.05, 0.1) is 0 Å². The number of rotatable bonds is 2. The van der Waals surface area contributed by atoms with Gasteiger partial charge in [-0.05, 0) is 85.2 Å². The van der Waals surface area contributed by atoms with Crippen LogP contribution in [-0.2, 0) is 0 Å². The third kappa shape index (κ3) is 1.66. The second-order valence-electron chi connectivity index (χ2n) is 8.19. The van der Waals surface area contributed by atoms with Crippen LogP contribution in [-0.4, -0.2) is 0 Å². The second-order valence-corrected chi connectivity index (χ2v) is 8.19. The lowest BCUT2D eigenvalue weighted by Gasteiger charge is -2.30. The molecule has 4 saturated carbocycles. The van der Waals surface area contributed by atoms with Crippen molar-refractivity contribution in [1.82, 2.24) is 0 Å². The van der Waals surface area contributed by atoms with E-state index in [9.17, 15) is 0 Å². The predicted molar refractivity (Wildman–Crippen MR) is 82.8 cm³/mol. The SMILES string of the molecule is c1ccc([C@@H]2C[C@H]3CC[C@@H]2C3)c([C@@H]2C[C@H]3CC[C@@H]2C3)c1. The van der Waals surface area contributed by atoms with Crippen molar-refractivity contribution >= 4 is 0 Å². The van der Waals surface area contributed by atoms with Crippen LogP contribution in [0.25, 0.3) is 0 Å². The van der Waals surface area contributed by atoms with E-state index in [1.165, 1.54) is 51.4 Å². The van der Waals surface area contributed by atoms with Crippen LogP contribution < -0.4 is 0 Å². The second kappa shape index (κ2) is 4.36. The average Bonchev–Trinajstić information content (AvgIpc) is 3.26. The summed E-state index contributed by atoms with van der Waals surface area (Å²) in [4.78, 5) is 0. The van der Waals surface area contributed by atoms with Crippen LogP contribution in [0.3, 0.4) is 0 Å². The van der Waals surface area contributed by atoms with Crippen molar-refractivity contribution < 1.29 is 0 Å². The van der Waals surface area contributed by atoms with E-state index >= 15 is 0 Å². The van der Waals surface area contributed by atoms with Gasteiger partial charge in [-0.1, -0.05) is 37.1 Å². The van der Waals surface area contributed by atoms with Gasteiger partial charge in [-0.15, -0.1) is 0 Å². The molecule has 20 heavy (non-hydrogen) atoms. The smallest absolute Gasteiger partial charge is 0.0128 e. The number of hydrogen-bond acceptors (Lipinski definition) is 0. The minimum atomic E-state index is 0.920. The fraction of sp³-hybridized carbons (Fsp3) is 0.700. The van der Waals surface area contributed by atoms with Crippen molar-refractivity contribution in [2.75, 3.05) is 0 Å². The zero-order valence-corrected chi connectivity index (χ0v) is 12.4. The van der Waals surface area contributed by atoms with Crippen LogP contribution >= 0.6 is 0 Å². The summed E-state index contributed by atoms with van der Waals surface area (Å²) in [6, 6.07) is 9.59. The standard InChI is InChI=1S/C20H26/c1-2-4-18(20-12-14-6-8-16(20)10-14)17(3-1)19-11-13-5-7-15(19)9-13/h1-4,13-16,19-20H,5-12H2/t13-,14-,15+,16+,19+,20+/m0/s1. The highest BCUT2D eigenvalue weighted by molar-refractivity contribution is 5.36. The van der Waals surface area contributed by atoms with Crippen molar-refractivity contribution in [2.24, 2.45) is 23.7 Å². The molecular weight excluding hydrogens is 240 g/mol. The van der Waals surface area contributed by atoms with Crippen molar-refractivity contribution in [1.29, 1.82) is 0 Å². The van der Waals surface area contributed by atoms with E-state index in [1.54, 1.807) is 11.1 Å². The van der Waals surface area contributed by atoms with Gasteiger partial charge >= 0.3 is 0 Å². The molecule has 106 valence electrons. The normalized spacial score (nSPS) is 45.4. The number of hydrogen-bond donors (Lipinski definition) is 0. The molecule has 0 heteroatoms. The summed E-state index contributed by atoms with van der Waals surface area (Å²) < 4.78 is 0. The molecule has 4 aliphatic rings. The van der Waals surface area contributed by atoms with Crippen LogP contribution in [0.1, 0.15) is 74.3 Å². The van der Waals surface area contributed by atoms with Crippen LogP contribution in [0.4, 0.5) is 0 Å². The molecule has 4 fully saturated rings. The minimum Gasteiger partial charge on any atom is -0.0620 e. The van der Waals surface area contributed by atoms with Crippen molar-refractivity contribution in [3.63, 3.8) is 0 Å². The predicted octanol–water partition coefficient (Wildman–Crippen LogP) is 5.49. The lowest BCUT2D eigenvalue weighted by atomic mass is 9.75. The third-order valence-electron chi connectivity index (χ3n) is 7.27. The Morgan fingerprint density at radius 1 is 0.600 bits per heavy atom. The highest BCUT2D eigenvalue weighted by Gasteiger charge is 2.44. The van der Waals surface area contributed by atoms with Crippen molar-refractivity contribution in [3.8, 4) is 0 Å². The molecule has 5 rings (SSSR count). The van der Waals surface area contributed by atoms with Gasteiger partial charge in [-0.3, -0.25) is 0 Å². The molecule has 0 amide bonds. The fourth-order valence-corrected chi connectivity index (χ4v) is 6.44. The van der Waals surface area contributed by atoms with E-state index in [4.69, 9.17) is 0 Å². The van der Waals surface area contributed by atoms with Gasteiger partial charge in [0.1, 0.15) is 0 Å². The first-order valence-electron chi connectivity index (χ1n) is 8.97. The van der Waals surface area contributed by atoms with Crippen LogP contribution in [0.15, 0.2) is 24.3 Å². The van der Waals surface area contributed by atoms with Gasteiger partial charge in [0.25, 0.3) is 0 Å². The Bertz CT molecular complexity index is 470. The Balaban J connectivity index is 1.50. The molecule has 4 aliphatic carbocycles. The topological polar surface area (TPSA) is 0 Å². The fourth-order valence-electron chi connectivity index (χ4n) is 6.44. The quantitative estimate of drug-likeness (QED) is 0.663. The monoisotopic (exact) mass is 266 g/mol. The van der Waals surface area contributed by atoms with Crippen LogP contribution in [0.5, 0.6) is 0 Å². The summed E-state index contributed by atoms with van der Waals surface area (Å²) in [5.74, 6) is 6.03. The maximum absolute atomic E-state index is 2.49. The maximum atomic E-state index is 2.49. The highest BCUT2D eigenvalue weighted by atomic mass is 14.5. The van der Waals surface area contributed by atoms with Gasteiger partial charge in [-0.2, -0.15) is 0 Å². The maximum Gasteiger partial charge on any atom is -0.0128 e. The Morgan fingerprint density at radius 3 is 1.45 bits per heavy atom. The van der Waals surface area contributed by atoms with Gasteiger partial charge in [-0.25, -0.2) is 0 Å². The summed E-state index contributed by atoms with van der Waals surface area (Å²) in [5, 5.41) is 0. The largest absolute Gasteiger partial charge is 0.0620 e. The van der Waals surface area contributed by atoms with Gasteiger partial charge in [0.2, 0.25) is 0 Å². The minimum absolute atomic E-state index is 0.920. The van der Waals surface area contributed by atoms with Crippen LogP contribution in [0.2, 0.25) is 0 Å². The molecular formula is C20H26. The van der Waals surface area contributed by atoms with E-state index in [0.717, 1.165) is 35.5 Å². The van der Waals surface area contributed by atoms with E-state index in [1.807, 2.05) is 0 Å². The summed E-state index contributed by atoms with van der Waals surface area (Å²) >= 11 is 0.